The van der Waals surface area contributed by atoms with Gasteiger partial charge in [-0.05, 0) is 42.9 Å². The number of nitrogens with one attached hydrogen (secondary N) is 1. The SMILES string of the molecule is O=C([O-])CC1(CC(=O)Nc2ccc(Cl)c(Cl)c2)CCCC1. The lowest BCUT2D eigenvalue weighted by atomic mass is 9.79. The average molecular weight is 329 g/mol. The lowest BCUT2D eigenvalue weighted by Crippen LogP contribution is -2.33. The van der Waals surface area contributed by atoms with Crippen LogP contribution in [0.3, 0.4) is 0 Å². The summed E-state index contributed by atoms with van der Waals surface area (Å²) in [5, 5.41) is 14.4. The summed E-state index contributed by atoms with van der Waals surface area (Å²) in [5.41, 5.74) is 0.0788. The van der Waals surface area contributed by atoms with Crippen molar-refractivity contribution in [3.63, 3.8) is 0 Å². The second-order valence-electron chi connectivity index (χ2n) is 5.61. The van der Waals surface area contributed by atoms with Crippen molar-refractivity contribution in [2.24, 2.45) is 5.41 Å². The van der Waals surface area contributed by atoms with Gasteiger partial charge in [0.25, 0.3) is 0 Å². The summed E-state index contributed by atoms with van der Waals surface area (Å²) in [6, 6.07) is 4.83. The third-order valence-electron chi connectivity index (χ3n) is 3.92. The first kappa shape index (κ1) is 16.1. The van der Waals surface area contributed by atoms with E-state index in [0.717, 1.165) is 25.7 Å². The van der Waals surface area contributed by atoms with E-state index in [4.69, 9.17) is 23.2 Å². The molecule has 0 heterocycles. The molecule has 1 saturated carbocycles. The molecule has 21 heavy (non-hydrogen) atoms. The van der Waals surface area contributed by atoms with Gasteiger partial charge in [0, 0.05) is 18.1 Å². The van der Waals surface area contributed by atoms with E-state index in [1.54, 1.807) is 18.2 Å². The van der Waals surface area contributed by atoms with Gasteiger partial charge in [-0.15, -0.1) is 0 Å². The smallest absolute Gasteiger partial charge is 0.224 e. The average Bonchev–Trinajstić information content (AvgIpc) is 2.80. The van der Waals surface area contributed by atoms with E-state index in [0.29, 0.717) is 15.7 Å². The van der Waals surface area contributed by atoms with Crippen molar-refractivity contribution in [1.29, 1.82) is 0 Å². The number of carboxylic acid groups (broad SMARTS) is 1. The first-order valence-corrected chi connectivity index (χ1v) is 7.61. The van der Waals surface area contributed by atoms with Crippen LogP contribution in [0.4, 0.5) is 5.69 Å². The van der Waals surface area contributed by atoms with Crippen LogP contribution in [0.1, 0.15) is 38.5 Å². The highest BCUT2D eigenvalue weighted by atomic mass is 35.5. The summed E-state index contributed by atoms with van der Waals surface area (Å²) in [6.45, 7) is 0. The number of carboxylic acids is 1. The Bertz CT molecular complexity index is 554. The van der Waals surface area contributed by atoms with Crippen molar-refractivity contribution in [2.45, 2.75) is 38.5 Å². The monoisotopic (exact) mass is 328 g/mol. The van der Waals surface area contributed by atoms with Crippen LogP contribution in [-0.4, -0.2) is 11.9 Å². The van der Waals surface area contributed by atoms with Crippen molar-refractivity contribution >= 4 is 40.8 Å². The van der Waals surface area contributed by atoms with E-state index in [1.807, 2.05) is 0 Å². The molecule has 1 aromatic rings. The molecule has 0 spiro atoms. The van der Waals surface area contributed by atoms with E-state index < -0.39 is 11.4 Å². The molecule has 114 valence electrons. The molecule has 0 saturated heterocycles. The number of aliphatic carboxylic acids is 1. The van der Waals surface area contributed by atoms with Gasteiger partial charge in [0.1, 0.15) is 0 Å². The van der Waals surface area contributed by atoms with Gasteiger partial charge in [0.15, 0.2) is 0 Å². The first-order chi connectivity index (χ1) is 9.90. The van der Waals surface area contributed by atoms with E-state index in [9.17, 15) is 14.7 Å². The normalized spacial score (nSPS) is 16.7. The van der Waals surface area contributed by atoms with Crippen LogP contribution in [0.15, 0.2) is 18.2 Å². The molecule has 1 amide bonds. The largest absolute Gasteiger partial charge is 0.550 e. The second kappa shape index (κ2) is 6.67. The zero-order valence-electron chi connectivity index (χ0n) is 11.5. The van der Waals surface area contributed by atoms with Gasteiger partial charge in [-0.2, -0.15) is 0 Å². The third-order valence-corrected chi connectivity index (χ3v) is 4.66. The van der Waals surface area contributed by atoms with Gasteiger partial charge < -0.3 is 15.2 Å². The highest BCUT2D eigenvalue weighted by molar-refractivity contribution is 6.42. The molecule has 4 nitrogen and oxygen atoms in total. The van der Waals surface area contributed by atoms with Crippen LogP contribution in [-0.2, 0) is 9.59 Å². The Morgan fingerprint density at radius 2 is 1.81 bits per heavy atom. The van der Waals surface area contributed by atoms with E-state index in [2.05, 4.69) is 5.32 Å². The molecule has 0 bridgehead atoms. The van der Waals surface area contributed by atoms with E-state index in [1.165, 1.54) is 0 Å². The predicted octanol–water partition coefficient (Wildman–Crippen LogP) is 3.02. The summed E-state index contributed by atoms with van der Waals surface area (Å²) in [7, 11) is 0. The van der Waals surface area contributed by atoms with Crippen LogP contribution >= 0.6 is 23.2 Å². The number of halogens is 2. The standard InChI is InChI=1S/C15H17Cl2NO3/c16-11-4-3-10(7-12(11)17)18-13(19)8-15(9-14(20)21)5-1-2-6-15/h3-4,7H,1-2,5-6,8-9H2,(H,18,19)(H,20,21)/p-1. The van der Waals surface area contributed by atoms with Crippen molar-refractivity contribution in [3.8, 4) is 0 Å². The van der Waals surface area contributed by atoms with Crippen LogP contribution in [0, 0.1) is 5.41 Å². The number of rotatable bonds is 5. The van der Waals surface area contributed by atoms with E-state index >= 15 is 0 Å². The Morgan fingerprint density at radius 3 is 2.38 bits per heavy atom. The third kappa shape index (κ3) is 4.35. The summed E-state index contributed by atoms with van der Waals surface area (Å²) >= 11 is 11.7. The van der Waals surface area contributed by atoms with Crippen LogP contribution in [0.25, 0.3) is 0 Å². The number of carbonyl (C=O) groups is 2. The van der Waals surface area contributed by atoms with Crippen LogP contribution < -0.4 is 10.4 Å². The summed E-state index contributed by atoms with van der Waals surface area (Å²) in [4.78, 5) is 23.1. The lowest BCUT2D eigenvalue weighted by Gasteiger charge is -2.28. The van der Waals surface area contributed by atoms with E-state index in [-0.39, 0.29) is 18.7 Å². The summed E-state index contributed by atoms with van der Waals surface area (Å²) in [5.74, 6) is -1.31. The van der Waals surface area contributed by atoms with Crippen LogP contribution in [0.2, 0.25) is 10.0 Å². The maximum absolute atomic E-state index is 12.2. The molecule has 0 aliphatic heterocycles. The fourth-order valence-corrected chi connectivity index (χ4v) is 3.26. The Hall–Kier alpha value is -1.26. The van der Waals surface area contributed by atoms with Crippen molar-refractivity contribution < 1.29 is 14.7 Å². The Labute approximate surface area is 133 Å². The van der Waals surface area contributed by atoms with Gasteiger partial charge in [-0.3, -0.25) is 4.79 Å². The van der Waals surface area contributed by atoms with Crippen molar-refractivity contribution in [1.82, 2.24) is 0 Å². The fraction of sp³-hybridized carbons (Fsp3) is 0.467. The quantitative estimate of drug-likeness (QED) is 0.903. The van der Waals surface area contributed by atoms with Crippen molar-refractivity contribution in [3.05, 3.63) is 28.2 Å². The maximum atomic E-state index is 12.2. The zero-order chi connectivity index (χ0) is 15.5. The minimum absolute atomic E-state index is 0.0677. The molecule has 1 aliphatic rings. The molecule has 0 unspecified atom stereocenters. The highest BCUT2D eigenvalue weighted by Crippen LogP contribution is 2.44. The minimum Gasteiger partial charge on any atom is -0.550 e. The van der Waals surface area contributed by atoms with Gasteiger partial charge in [-0.1, -0.05) is 36.0 Å². The molecule has 1 N–H and O–H groups in total. The zero-order valence-corrected chi connectivity index (χ0v) is 13.0. The Balaban J connectivity index is 2.02. The van der Waals surface area contributed by atoms with Gasteiger partial charge >= 0.3 is 0 Å². The van der Waals surface area contributed by atoms with Crippen molar-refractivity contribution in [2.75, 3.05) is 5.32 Å². The Kier molecular flexibility index (Phi) is 5.12. The highest BCUT2D eigenvalue weighted by Gasteiger charge is 2.36. The molecule has 6 heteroatoms. The molecular formula is C15H16Cl2NO3-. The molecular weight excluding hydrogens is 313 g/mol. The molecule has 0 aromatic heterocycles. The number of carbonyl (C=O) groups excluding carboxylic acids is 2. The molecule has 1 aliphatic carbocycles. The molecule has 1 fully saturated rings. The maximum Gasteiger partial charge on any atom is 0.224 e. The number of benzene rings is 1. The minimum atomic E-state index is -1.10. The topological polar surface area (TPSA) is 69.2 Å². The first-order valence-electron chi connectivity index (χ1n) is 6.85. The summed E-state index contributed by atoms with van der Waals surface area (Å²) < 4.78 is 0. The molecule has 1 aromatic carbocycles. The number of hydrogen-bond donors (Lipinski definition) is 1. The molecule has 2 rings (SSSR count). The summed E-state index contributed by atoms with van der Waals surface area (Å²) in [6.07, 6.45) is 3.51. The van der Waals surface area contributed by atoms with Crippen LogP contribution in [0.5, 0.6) is 0 Å². The molecule has 0 atom stereocenters. The van der Waals surface area contributed by atoms with Gasteiger partial charge in [0.2, 0.25) is 5.91 Å². The second-order valence-corrected chi connectivity index (χ2v) is 6.42. The predicted molar refractivity (Wildman–Crippen MR) is 80.2 cm³/mol. The fourth-order valence-electron chi connectivity index (χ4n) is 2.97. The lowest BCUT2D eigenvalue weighted by molar-refractivity contribution is -0.308. The Morgan fingerprint density at radius 1 is 1.14 bits per heavy atom. The number of hydrogen-bond acceptors (Lipinski definition) is 3. The number of anilines is 1. The van der Waals surface area contributed by atoms with Gasteiger partial charge in [-0.25, -0.2) is 0 Å². The molecule has 0 radical (unpaired) electrons. The number of amides is 1. The van der Waals surface area contributed by atoms with Gasteiger partial charge in [0.05, 0.1) is 10.0 Å².